The highest BCUT2D eigenvalue weighted by Crippen LogP contribution is 2.28. The van der Waals surface area contributed by atoms with Gasteiger partial charge in [-0.3, -0.25) is 14.4 Å². The minimum absolute atomic E-state index is 0.00798. The van der Waals surface area contributed by atoms with Crippen molar-refractivity contribution in [3.05, 3.63) is 58.5 Å². The van der Waals surface area contributed by atoms with Crippen LogP contribution in [0.3, 0.4) is 0 Å². The fourth-order valence-electron chi connectivity index (χ4n) is 4.55. The number of amides is 2. The SMILES string of the molecule is CC(C)(C)c1ccc(=O)n(CC2CCN(C(=O)C3CC(=O)N(c4ccccc4)C3)CC2)n1. The Balaban J connectivity index is 1.34. The molecule has 1 aromatic carbocycles. The lowest BCUT2D eigenvalue weighted by molar-refractivity contribution is -0.137. The van der Waals surface area contributed by atoms with Gasteiger partial charge in [-0.15, -0.1) is 0 Å². The zero-order valence-corrected chi connectivity index (χ0v) is 19.2. The largest absolute Gasteiger partial charge is 0.342 e. The molecule has 2 aromatic rings. The maximum atomic E-state index is 13.1. The highest BCUT2D eigenvalue weighted by Gasteiger charge is 2.38. The summed E-state index contributed by atoms with van der Waals surface area (Å²) in [4.78, 5) is 41.5. The summed E-state index contributed by atoms with van der Waals surface area (Å²) in [5.41, 5.74) is 1.56. The Hall–Kier alpha value is -2.96. The number of carbonyl (C=O) groups is 2. The maximum absolute atomic E-state index is 13.1. The van der Waals surface area contributed by atoms with Gasteiger partial charge in [-0.05, 0) is 37.0 Å². The van der Waals surface area contributed by atoms with Crippen molar-refractivity contribution in [1.29, 1.82) is 0 Å². The van der Waals surface area contributed by atoms with Gasteiger partial charge in [0.1, 0.15) is 0 Å². The summed E-state index contributed by atoms with van der Waals surface area (Å²) in [5, 5.41) is 4.58. The van der Waals surface area contributed by atoms with Crippen molar-refractivity contribution < 1.29 is 9.59 Å². The van der Waals surface area contributed by atoms with Crippen molar-refractivity contribution in [1.82, 2.24) is 14.7 Å². The number of aromatic nitrogens is 2. The average molecular weight is 437 g/mol. The van der Waals surface area contributed by atoms with Gasteiger partial charge >= 0.3 is 0 Å². The Bertz CT molecular complexity index is 1030. The third kappa shape index (κ3) is 4.76. The first-order valence-corrected chi connectivity index (χ1v) is 11.5. The van der Waals surface area contributed by atoms with Crippen molar-refractivity contribution in [3.63, 3.8) is 0 Å². The summed E-state index contributed by atoms with van der Waals surface area (Å²) >= 11 is 0. The molecule has 2 amide bonds. The third-order valence-electron chi connectivity index (χ3n) is 6.53. The molecule has 32 heavy (non-hydrogen) atoms. The quantitative estimate of drug-likeness (QED) is 0.739. The van der Waals surface area contributed by atoms with Crippen LogP contribution in [0.15, 0.2) is 47.3 Å². The molecular formula is C25H32N4O3. The smallest absolute Gasteiger partial charge is 0.266 e. The van der Waals surface area contributed by atoms with Crippen LogP contribution in [-0.2, 0) is 21.5 Å². The Morgan fingerprint density at radius 3 is 2.38 bits per heavy atom. The maximum Gasteiger partial charge on any atom is 0.266 e. The fraction of sp³-hybridized carbons (Fsp3) is 0.520. The van der Waals surface area contributed by atoms with Crippen LogP contribution in [0.25, 0.3) is 0 Å². The van der Waals surface area contributed by atoms with Crippen LogP contribution in [0, 0.1) is 11.8 Å². The van der Waals surface area contributed by atoms with E-state index >= 15 is 0 Å². The number of hydrogen-bond acceptors (Lipinski definition) is 4. The molecule has 3 heterocycles. The number of para-hydroxylation sites is 1. The molecule has 2 aliphatic rings. The molecular weight excluding hydrogens is 404 g/mol. The molecule has 7 heteroatoms. The molecule has 1 unspecified atom stereocenters. The Morgan fingerprint density at radius 1 is 1.03 bits per heavy atom. The van der Waals surface area contributed by atoms with E-state index < -0.39 is 0 Å². The first-order chi connectivity index (χ1) is 15.2. The van der Waals surface area contributed by atoms with Gasteiger partial charge in [0.15, 0.2) is 0 Å². The van der Waals surface area contributed by atoms with E-state index in [2.05, 4.69) is 25.9 Å². The predicted molar refractivity (Wildman–Crippen MR) is 123 cm³/mol. The van der Waals surface area contributed by atoms with E-state index in [9.17, 15) is 14.4 Å². The normalized spacial score (nSPS) is 20.1. The minimum Gasteiger partial charge on any atom is -0.342 e. The molecule has 0 N–H and O–H groups in total. The molecule has 1 aromatic heterocycles. The van der Waals surface area contributed by atoms with Crippen LogP contribution in [0.5, 0.6) is 0 Å². The van der Waals surface area contributed by atoms with Gasteiger partial charge in [-0.2, -0.15) is 5.10 Å². The third-order valence-corrected chi connectivity index (χ3v) is 6.53. The summed E-state index contributed by atoms with van der Waals surface area (Å²) in [7, 11) is 0. The summed E-state index contributed by atoms with van der Waals surface area (Å²) < 4.78 is 1.58. The lowest BCUT2D eigenvalue weighted by Gasteiger charge is -2.33. The summed E-state index contributed by atoms with van der Waals surface area (Å²) in [5.74, 6) is 0.103. The van der Waals surface area contributed by atoms with Crippen molar-refractivity contribution in [3.8, 4) is 0 Å². The number of nitrogens with zero attached hydrogens (tertiary/aromatic N) is 4. The molecule has 2 saturated heterocycles. The molecule has 0 radical (unpaired) electrons. The van der Waals surface area contributed by atoms with Crippen LogP contribution in [0.4, 0.5) is 5.69 Å². The summed E-state index contributed by atoms with van der Waals surface area (Å²) in [6, 6.07) is 12.9. The summed E-state index contributed by atoms with van der Waals surface area (Å²) in [6.45, 7) is 8.60. The number of hydrogen-bond donors (Lipinski definition) is 0. The highest BCUT2D eigenvalue weighted by molar-refractivity contribution is 6.00. The van der Waals surface area contributed by atoms with Gasteiger partial charge in [0.25, 0.3) is 5.56 Å². The van der Waals surface area contributed by atoms with E-state index in [0.29, 0.717) is 32.1 Å². The van der Waals surface area contributed by atoms with Crippen molar-refractivity contribution in [2.45, 2.75) is 52.0 Å². The first kappa shape index (κ1) is 22.2. The molecule has 0 saturated carbocycles. The van der Waals surface area contributed by atoms with Crippen LogP contribution < -0.4 is 10.5 Å². The van der Waals surface area contributed by atoms with E-state index in [4.69, 9.17) is 0 Å². The number of benzene rings is 1. The monoisotopic (exact) mass is 436 g/mol. The van der Waals surface area contributed by atoms with Crippen LogP contribution in [-0.4, -0.2) is 46.1 Å². The van der Waals surface area contributed by atoms with Crippen molar-refractivity contribution in [2.75, 3.05) is 24.5 Å². The second kappa shape index (κ2) is 8.88. The topological polar surface area (TPSA) is 75.5 Å². The van der Waals surface area contributed by atoms with E-state index in [1.165, 1.54) is 0 Å². The van der Waals surface area contributed by atoms with Gasteiger partial charge in [-0.25, -0.2) is 4.68 Å². The van der Waals surface area contributed by atoms with Crippen LogP contribution >= 0.6 is 0 Å². The second-order valence-corrected chi connectivity index (χ2v) is 10.00. The first-order valence-electron chi connectivity index (χ1n) is 11.5. The minimum atomic E-state index is -0.285. The number of piperidine rings is 1. The molecule has 0 bridgehead atoms. The van der Waals surface area contributed by atoms with Crippen LogP contribution in [0.2, 0.25) is 0 Å². The zero-order valence-electron chi connectivity index (χ0n) is 19.2. The van der Waals surface area contributed by atoms with E-state index in [1.807, 2.05) is 41.3 Å². The van der Waals surface area contributed by atoms with Crippen molar-refractivity contribution in [2.24, 2.45) is 11.8 Å². The van der Waals surface area contributed by atoms with Gasteiger partial charge in [0.05, 0.1) is 11.6 Å². The lowest BCUT2D eigenvalue weighted by atomic mass is 9.92. The molecule has 2 fully saturated rings. The second-order valence-electron chi connectivity index (χ2n) is 10.00. The molecule has 1 atom stereocenters. The lowest BCUT2D eigenvalue weighted by Crippen LogP contribution is -2.43. The Morgan fingerprint density at radius 2 is 1.72 bits per heavy atom. The summed E-state index contributed by atoms with van der Waals surface area (Å²) in [6.07, 6.45) is 1.94. The zero-order chi connectivity index (χ0) is 22.9. The average Bonchev–Trinajstić information content (AvgIpc) is 3.17. The van der Waals surface area contributed by atoms with Gasteiger partial charge in [-0.1, -0.05) is 39.0 Å². The van der Waals surface area contributed by atoms with Crippen LogP contribution in [0.1, 0.15) is 45.7 Å². The standard InChI is InChI=1S/C25H32N4O3/c1-25(2,3)21-9-10-22(30)29(26-21)16-18-11-13-27(14-12-18)24(32)19-15-23(31)28(17-19)20-7-5-4-6-8-20/h4-10,18-19H,11-17H2,1-3H3. The van der Waals surface area contributed by atoms with E-state index in [-0.39, 0.29) is 35.1 Å². The van der Waals surface area contributed by atoms with E-state index in [1.54, 1.807) is 15.6 Å². The number of anilines is 1. The molecule has 170 valence electrons. The predicted octanol–water partition coefficient (Wildman–Crippen LogP) is 2.83. The Labute approximate surface area is 189 Å². The number of likely N-dealkylation sites (tertiary alicyclic amines) is 1. The molecule has 0 spiro atoms. The fourth-order valence-corrected chi connectivity index (χ4v) is 4.55. The molecule has 0 aliphatic carbocycles. The number of carbonyl (C=O) groups excluding carboxylic acids is 2. The molecule has 4 rings (SSSR count). The van der Waals surface area contributed by atoms with Gasteiger partial charge in [0.2, 0.25) is 11.8 Å². The number of rotatable bonds is 4. The molecule has 7 nitrogen and oxygen atoms in total. The molecule has 2 aliphatic heterocycles. The van der Waals surface area contributed by atoms with Gasteiger partial charge in [0, 0.05) is 49.8 Å². The van der Waals surface area contributed by atoms with Gasteiger partial charge < -0.3 is 9.80 Å². The van der Waals surface area contributed by atoms with Crippen molar-refractivity contribution >= 4 is 17.5 Å². The Kier molecular flexibility index (Phi) is 6.17. The van der Waals surface area contributed by atoms with E-state index in [0.717, 1.165) is 24.2 Å². The highest BCUT2D eigenvalue weighted by atomic mass is 16.2.